The summed E-state index contributed by atoms with van der Waals surface area (Å²) in [5, 5.41) is 9.35. The fourth-order valence-electron chi connectivity index (χ4n) is 2.14. The number of benzene rings is 2. The lowest BCUT2D eigenvalue weighted by atomic mass is 10.1. The molecule has 0 aliphatic carbocycles. The second kappa shape index (κ2) is 6.10. The number of carbonyl (C=O) groups is 1. The number of hydrogen-bond acceptors (Lipinski definition) is 3. The normalized spacial score (nSPS) is 10.1. The summed E-state index contributed by atoms with van der Waals surface area (Å²) in [6.07, 6.45) is 0. The minimum Gasteiger partial charge on any atom is -0.497 e. The number of anilines is 2. The Morgan fingerprint density at radius 3 is 2.45 bits per heavy atom. The summed E-state index contributed by atoms with van der Waals surface area (Å²) in [5.41, 5.74) is 1.84. The molecule has 2 rings (SSSR count). The standard InChI is InChI=1S/C16H17NO3/c1-3-17(12-7-5-4-6-8-12)15-11-13(20-2)9-10-14(15)16(18)19/h4-11H,3H2,1-2H3,(H,18,19). The summed E-state index contributed by atoms with van der Waals surface area (Å²) in [5.74, 6) is -0.309. The first-order valence-corrected chi connectivity index (χ1v) is 6.41. The van der Waals surface area contributed by atoms with Gasteiger partial charge in [0.1, 0.15) is 5.75 Å². The van der Waals surface area contributed by atoms with E-state index in [1.165, 1.54) is 0 Å². The van der Waals surface area contributed by atoms with Crippen LogP contribution < -0.4 is 9.64 Å². The summed E-state index contributed by atoms with van der Waals surface area (Å²) < 4.78 is 5.20. The van der Waals surface area contributed by atoms with E-state index in [9.17, 15) is 9.90 Å². The molecule has 0 aliphatic rings. The molecule has 104 valence electrons. The van der Waals surface area contributed by atoms with E-state index >= 15 is 0 Å². The predicted molar refractivity (Wildman–Crippen MR) is 79.1 cm³/mol. The minimum atomic E-state index is -0.947. The molecule has 0 saturated carbocycles. The van der Waals surface area contributed by atoms with Crippen LogP contribution in [0.3, 0.4) is 0 Å². The first kappa shape index (κ1) is 13.9. The van der Waals surface area contributed by atoms with Crippen molar-refractivity contribution in [3.05, 3.63) is 54.1 Å². The SMILES string of the molecule is CCN(c1ccccc1)c1cc(OC)ccc1C(=O)O. The van der Waals surface area contributed by atoms with Crippen LogP contribution in [0.1, 0.15) is 17.3 Å². The first-order chi connectivity index (χ1) is 9.67. The molecule has 0 aromatic heterocycles. The van der Waals surface area contributed by atoms with E-state index in [4.69, 9.17) is 4.74 Å². The molecule has 0 saturated heterocycles. The van der Waals surface area contributed by atoms with Crippen LogP contribution in [-0.4, -0.2) is 24.7 Å². The number of para-hydroxylation sites is 1. The second-order valence-electron chi connectivity index (χ2n) is 4.27. The zero-order valence-electron chi connectivity index (χ0n) is 11.5. The van der Waals surface area contributed by atoms with Crippen molar-refractivity contribution in [3.8, 4) is 5.75 Å². The Morgan fingerprint density at radius 1 is 1.20 bits per heavy atom. The van der Waals surface area contributed by atoms with Crippen molar-refractivity contribution in [1.29, 1.82) is 0 Å². The number of methoxy groups -OCH3 is 1. The van der Waals surface area contributed by atoms with Crippen molar-refractivity contribution in [1.82, 2.24) is 0 Å². The summed E-state index contributed by atoms with van der Waals surface area (Å²) in [6, 6.07) is 14.7. The third-order valence-electron chi connectivity index (χ3n) is 3.11. The zero-order chi connectivity index (χ0) is 14.5. The maximum absolute atomic E-state index is 11.4. The fraction of sp³-hybridized carbons (Fsp3) is 0.188. The van der Waals surface area contributed by atoms with E-state index in [-0.39, 0.29) is 5.56 Å². The van der Waals surface area contributed by atoms with Gasteiger partial charge in [0.25, 0.3) is 0 Å². The molecule has 0 atom stereocenters. The van der Waals surface area contributed by atoms with E-state index in [1.807, 2.05) is 42.2 Å². The van der Waals surface area contributed by atoms with Gasteiger partial charge in [-0.3, -0.25) is 0 Å². The summed E-state index contributed by atoms with van der Waals surface area (Å²) >= 11 is 0. The van der Waals surface area contributed by atoms with Crippen LogP contribution in [0.25, 0.3) is 0 Å². The van der Waals surface area contributed by atoms with Gasteiger partial charge in [-0.1, -0.05) is 18.2 Å². The van der Waals surface area contributed by atoms with E-state index in [0.29, 0.717) is 18.0 Å². The van der Waals surface area contributed by atoms with Gasteiger partial charge in [0.05, 0.1) is 18.4 Å². The van der Waals surface area contributed by atoms with Crippen LogP contribution in [0.15, 0.2) is 48.5 Å². The Labute approximate surface area is 118 Å². The van der Waals surface area contributed by atoms with Gasteiger partial charge in [-0.2, -0.15) is 0 Å². The lowest BCUT2D eigenvalue weighted by Gasteiger charge is -2.25. The fourth-order valence-corrected chi connectivity index (χ4v) is 2.14. The highest BCUT2D eigenvalue weighted by Gasteiger charge is 2.17. The molecule has 0 heterocycles. The van der Waals surface area contributed by atoms with Gasteiger partial charge in [0, 0.05) is 18.3 Å². The maximum Gasteiger partial charge on any atom is 0.337 e. The van der Waals surface area contributed by atoms with Crippen LogP contribution in [0.5, 0.6) is 5.75 Å². The van der Waals surface area contributed by atoms with Crippen molar-refractivity contribution in [3.63, 3.8) is 0 Å². The molecule has 20 heavy (non-hydrogen) atoms. The topological polar surface area (TPSA) is 49.8 Å². The Bertz CT molecular complexity index is 596. The van der Waals surface area contributed by atoms with Crippen LogP contribution in [-0.2, 0) is 0 Å². The maximum atomic E-state index is 11.4. The van der Waals surface area contributed by atoms with E-state index in [0.717, 1.165) is 5.69 Å². The lowest BCUT2D eigenvalue weighted by Crippen LogP contribution is -2.19. The quantitative estimate of drug-likeness (QED) is 0.903. The monoisotopic (exact) mass is 271 g/mol. The summed E-state index contributed by atoms with van der Waals surface area (Å²) in [6.45, 7) is 2.65. The van der Waals surface area contributed by atoms with Crippen molar-refractivity contribution in [2.75, 3.05) is 18.6 Å². The van der Waals surface area contributed by atoms with Gasteiger partial charge in [-0.25, -0.2) is 4.79 Å². The molecule has 2 aromatic carbocycles. The van der Waals surface area contributed by atoms with E-state index in [2.05, 4.69) is 0 Å². The van der Waals surface area contributed by atoms with Crippen molar-refractivity contribution >= 4 is 17.3 Å². The lowest BCUT2D eigenvalue weighted by molar-refractivity contribution is 0.0697. The molecule has 0 radical (unpaired) electrons. The third kappa shape index (κ3) is 2.74. The molecule has 4 heteroatoms. The van der Waals surface area contributed by atoms with Gasteiger partial charge >= 0.3 is 5.97 Å². The Hall–Kier alpha value is -2.49. The van der Waals surface area contributed by atoms with Gasteiger partial charge in [0.2, 0.25) is 0 Å². The van der Waals surface area contributed by atoms with Crippen LogP contribution >= 0.6 is 0 Å². The number of nitrogens with zero attached hydrogens (tertiary/aromatic N) is 1. The molecular formula is C16H17NO3. The average Bonchev–Trinajstić information content (AvgIpc) is 2.48. The van der Waals surface area contributed by atoms with Gasteiger partial charge in [-0.05, 0) is 31.2 Å². The highest BCUT2D eigenvalue weighted by molar-refractivity contribution is 5.96. The summed E-state index contributed by atoms with van der Waals surface area (Å²) in [4.78, 5) is 13.4. The molecule has 4 nitrogen and oxygen atoms in total. The number of carboxylic acid groups (broad SMARTS) is 1. The smallest absolute Gasteiger partial charge is 0.337 e. The largest absolute Gasteiger partial charge is 0.497 e. The van der Waals surface area contributed by atoms with E-state index in [1.54, 1.807) is 25.3 Å². The third-order valence-corrected chi connectivity index (χ3v) is 3.11. The highest BCUT2D eigenvalue weighted by Crippen LogP contribution is 2.31. The molecule has 2 aromatic rings. The van der Waals surface area contributed by atoms with Crippen LogP contribution in [0, 0.1) is 0 Å². The highest BCUT2D eigenvalue weighted by atomic mass is 16.5. The number of rotatable bonds is 5. The predicted octanol–water partition coefficient (Wildman–Crippen LogP) is 3.55. The molecule has 0 aliphatic heterocycles. The van der Waals surface area contributed by atoms with Crippen LogP contribution in [0.4, 0.5) is 11.4 Å². The number of ether oxygens (including phenoxy) is 1. The molecule has 0 fully saturated rings. The molecule has 0 spiro atoms. The number of hydrogen-bond donors (Lipinski definition) is 1. The van der Waals surface area contributed by atoms with Crippen molar-refractivity contribution in [2.45, 2.75) is 6.92 Å². The average molecular weight is 271 g/mol. The van der Waals surface area contributed by atoms with Gasteiger partial charge < -0.3 is 14.7 Å². The Morgan fingerprint density at radius 2 is 1.90 bits per heavy atom. The minimum absolute atomic E-state index is 0.261. The van der Waals surface area contributed by atoms with Gasteiger partial charge in [-0.15, -0.1) is 0 Å². The first-order valence-electron chi connectivity index (χ1n) is 6.41. The van der Waals surface area contributed by atoms with Gasteiger partial charge in [0.15, 0.2) is 0 Å². The molecule has 1 N–H and O–H groups in total. The van der Waals surface area contributed by atoms with Crippen molar-refractivity contribution < 1.29 is 14.6 Å². The number of aromatic carboxylic acids is 1. The van der Waals surface area contributed by atoms with Crippen LogP contribution in [0.2, 0.25) is 0 Å². The van der Waals surface area contributed by atoms with Crippen molar-refractivity contribution in [2.24, 2.45) is 0 Å². The molecule has 0 unspecified atom stereocenters. The van der Waals surface area contributed by atoms with E-state index < -0.39 is 5.97 Å². The Kier molecular flexibility index (Phi) is 4.25. The summed E-state index contributed by atoms with van der Waals surface area (Å²) in [7, 11) is 1.57. The molecular weight excluding hydrogens is 254 g/mol. The Balaban J connectivity index is 2.55. The zero-order valence-corrected chi connectivity index (χ0v) is 11.5. The second-order valence-corrected chi connectivity index (χ2v) is 4.27. The molecule has 0 bridgehead atoms. The molecule has 0 amide bonds. The number of carboxylic acids is 1.